The number of hydrogen-bond donors (Lipinski definition) is 0. The van der Waals surface area contributed by atoms with E-state index in [2.05, 4.69) is 9.97 Å². The molecule has 13 heavy (non-hydrogen) atoms. The maximum atomic E-state index is 12.4. The van der Waals surface area contributed by atoms with Gasteiger partial charge in [0.2, 0.25) is 9.61 Å². The molecule has 0 saturated heterocycles. The molecule has 0 spiro atoms. The Morgan fingerprint density at radius 1 is 0.923 bits per heavy atom. The highest BCUT2D eigenvalue weighted by atomic mass is 35.6. The molecular weight excluding hydrogens is 251 g/mol. The summed E-state index contributed by atoms with van der Waals surface area (Å²) in [6.45, 7) is 0. The highest BCUT2D eigenvalue weighted by molar-refractivity contribution is 6.66. The molecule has 72 valence electrons. The Balaban J connectivity index is 3.29. The van der Waals surface area contributed by atoms with Gasteiger partial charge in [0.1, 0.15) is 0 Å². The van der Waals surface area contributed by atoms with Crippen molar-refractivity contribution in [1.82, 2.24) is 9.97 Å². The standard InChI is InChI=1S/C5Cl3F3N2/c6-5(7,8)4-12-2(10)1(9)3(11)13-4. The molecule has 0 aliphatic carbocycles. The first-order valence-electron chi connectivity index (χ1n) is 2.78. The topological polar surface area (TPSA) is 25.8 Å². The van der Waals surface area contributed by atoms with Crippen LogP contribution in [0.4, 0.5) is 13.2 Å². The van der Waals surface area contributed by atoms with Gasteiger partial charge in [-0.3, -0.25) is 0 Å². The number of hydrogen-bond acceptors (Lipinski definition) is 2. The molecule has 0 aromatic carbocycles. The molecule has 1 aromatic heterocycles. The lowest BCUT2D eigenvalue weighted by molar-refractivity contribution is 0.400. The first-order valence-corrected chi connectivity index (χ1v) is 3.91. The quantitative estimate of drug-likeness (QED) is 0.523. The Hall–Kier alpha value is -0.260. The van der Waals surface area contributed by atoms with Gasteiger partial charge in [-0.25, -0.2) is 0 Å². The summed E-state index contributed by atoms with van der Waals surface area (Å²) < 4.78 is 35.0. The number of rotatable bonds is 0. The lowest BCUT2D eigenvalue weighted by Crippen LogP contribution is -2.12. The first-order chi connectivity index (χ1) is 5.82. The van der Waals surface area contributed by atoms with Crippen molar-refractivity contribution in [3.8, 4) is 0 Å². The number of aromatic nitrogens is 2. The fraction of sp³-hybridized carbons (Fsp3) is 0.200. The van der Waals surface area contributed by atoms with Gasteiger partial charge in [-0.2, -0.15) is 23.1 Å². The monoisotopic (exact) mass is 250 g/mol. The molecule has 2 nitrogen and oxygen atoms in total. The van der Waals surface area contributed by atoms with Gasteiger partial charge in [-0.15, -0.1) is 0 Å². The summed E-state index contributed by atoms with van der Waals surface area (Å²) in [7, 11) is 0. The van der Waals surface area contributed by atoms with Crippen molar-refractivity contribution in [2.45, 2.75) is 3.79 Å². The Bertz CT molecular complexity index is 315. The summed E-state index contributed by atoms with van der Waals surface area (Å²) >= 11 is 15.6. The molecule has 0 radical (unpaired) electrons. The van der Waals surface area contributed by atoms with Crippen LogP contribution < -0.4 is 0 Å². The summed E-state index contributed by atoms with van der Waals surface area (Å²) in [6.07, 6.45) is 0. The van der Waals surface area contributed by atoms with Crippen LogP contribution in [0.2, 0.25) is 0 Å². The molecule has 1 heterocycles. The van der Waals surface area contributed by atoms with Gasteiger partial charge >= 0.3 is 0 Å². The highest BCUT2D eigenvalue weighted by Gasteiger charge is 2.29. The molecule has 0 bridgehead atoms. The molecule has 8 heteroatoms. The first kappa shape index (κ1) is 10.8. The van der Waals surface area contributed by atoms with E-state index in [-0.39, 0.29) is 0 Å². The SMILES string of the molecule is Fc1nc(C(Cl)(Cl)Cl)nc(F)c1F. The second kappa shape index (κ2) is 3.48. The molecule has 0 aliphatic rings. The van der Waals surface area contributed by atoms with E-state index >= 15 is 0 Å². The van der Waals surface area contributed by atoms with E-state index in [1.807, 2.05) is 0 Å². The van der Waals surface area contributed by atoms with Crippen LogP contribution in [0.5, 0.6) is 0 Å². The summed E-state index contributed by atoms with van der Waals surface area (Å²) in [5, 5.41) is 0. The minimum atomic E-state index is -2.19. The van der Waals surface area contributed by atoms with Gasteiger partial charge < -0.3 is 0 Å². The Labute approximate surface area is 85.6 Å². The highest BCUT2D eigenvalue weighted by Crippen LogP contribution is 2.35. The predicted octanol–water partition coefficient (Wildman–Crippen LogP) is 2.72. The van der Waals surface area contributed by atoms with Crippen molar-refractivity contribution >= 4 is 34.8 Å². The average Bonchev–Trinajstić information content (AvgIpc) is 1.97. The minimum absolute atomic E-state index is 0.756. The van der Waals surface area contributed by atoms with Crippen molar-refractivity contribution in [1.29, 1.82) is 0 Å². The molecule has 1 aromatic rings. The largest absolute Gasteiger partial charge is 0.255 e. The van der Waals surface area contributed by atoms with Crippen molar-refractivity contribution in [2.24, 2.45) is 0 Å². The van der Waals surface area contributed by atoms with Crippen LogP contribution >= 0.6 is 34.8 Å². The molecule has 0 atom stereocenters. The third-order valence-corrected chi connectivity index (χ3v) is 1.53. The summed E-state index contributed by atoms with van der Waals surface area (Å²) in [4.78, 5) is 5.63. The van der Waals surface area contributed by atoms with Gasteiger partial charge in [0, 0.05) is 0 Å². The lowest BCUT2D eigenvalue weighted by atomic mass is 10.5. The number of alkyl halides is 3. The number of halogens is 6. The maximum Gasteiger partial charge on any atom is 0.255 e. The minimum Gasteiger partial charge on any atom is -0.197 e. The Morgan fingerprint density at radius 2 is 1.31 bits per heavy atom. The maximum absolute atomic E-state index is 12.4. The molecular formula is C5Cl3F3N2. The molecule has 0 aliphatic heterocycles. The molecule has 0 unspecified atom stereocenters. The van der Waals surface area contributed by atoms with E-state index in [0.717, 1.165) is 0 Å². The van der Waals surface area contributed by atoms with E-state index in [1.54, 1.807) is 0 Å². The molecule has 0 N–H and O–H groups in total. The van der Waals surface area contributed by atoms with Crippen molar-refractivity contribution in [3.05, 3.63) is 23.5 Å². The van der Waals surface area contributed by atoms with E-state index in [1.165, 1.54) is 0 Å². The fourth-order valence-electron chi connectivity index (χ4n) is 0.521. The molecule has 0 saturated carbocycles. The van der Waals surface area contributed by atoms with E-state index in [9.17, 15) is 13.2 Å². The third-order valence-electron chi connectivity index (χ3n) is 1.02. The smallest absolute Gasteiger partial charge is 0.197 e. The summed E-state index contributed by atoms with van der Waals surface area (Å²) in [5.41, 5.74) is 0. The normalized spacial score (nSPS) is 11.8. The number of nitrogens with zero attached hydrogens (tertiary/aromatic N) is 2. The van der Waals surface area contributed by atoms with Gasteiger partial charge in [0.15, 0.2) is 5.82 Å². The Kier molecular flexibility index (Phi) is 2.89. The zero-order valence-electron chi connectivity index (χ0n) is 5.66. The van der Waals surface area contributed by atoms with Crippen LogP contribution in [0.3, 0.4) is 0 Å². The lowest BCUT2D eigenvalue weighted by Gasteiger charge is -2.08. The van der Waals surface area contributed by atoms with E-state index < -0.39 is 27.3 Å². The van der Waals surface area contributed by atoms with Crippen LogP contribution in [0.15, 0.2) is 0 Å². The van der Waals surface area contributed by atoms with Crippen molar-refractivity contribution in [2.75, 3.05) is 0 Å². The second-order valence-electron chi connectivity index (χ2n) is 1.94. The zero-order chi connectivity index (χ0) is 10.2. The summed E-state index contributed by atoms with van der Waals surface area (Å²) in [5.74, 6) is -5.96. The summed E-state index contributed by atoms with van der Waals surface area (Å²) in [6, 6.07) is 0. The third kappa shape index (κ3) is 2.36. The van der Waals surface area contributed by atoms with Gasteiger partial charge in [-0.05, 0) is 0 Å². The molecule has 1 rings (SSSR count). The average molecular weight is 251 g/mol. The van der Waals surface area contributed by atoms with E-state index in [4.69, 9.17) is 34.8 Å². The zero-order valence-corrected chi connectivity index (χ0v) is 7.93. The van der Waals surface area contributed by atoms with Gasteiger partial charge in [0.05, 0.1) is 0 Å². The van der Waals surface area contributed by atoms with E-state index in [0.29, 0.717) is 0 Å². The van der Waals surface area contributed by atoms with Crippen LogP contribution in [0, 0.1) is 17.7 Å². The van der Waals surface area contributed by atoms with Gasteiger partial charge in [0.25, 0.3) is 11.9 Å². The van der Waals surface area contributed by atoms with Crippen LogP contribution in [0.25, 0.3) is 0 Å². The van der Waals surface area contributed by atoms with Crippen molar-refractivity contribution in [3.63, 3.8) is 0 Å². The van der Waals surface area contributed by atoms with Gasteiger partial charge in [-0.1, -0.05) is 34.8 Å². The molecule has 0 fully saturated rings. The second-order valence-corrected chi connectivity index (χ2v) is 4.22. The predicted molar refractivity (Wildman–Crippen MR) is 41.1 cm³/mol. The van der Waals surface area contributed by atoms with Crippen LogP contribution in [-0.2, 0) is 3.79 Å². The van der Waals surface area contributed by atoms with Crippen LogP contribution in [0.1, 0.15) is 5.82 Å². The fourth-order valence-corrected chi connectivity index (χ4v) is 0.775. The van der Waals surface area contributed by atoms with Crippen molar-refractivity contribution < 1.29 is 13.2 Å². The molecule has 0 amide bonds. The Morgan fingerprint density at radius 3 is 1.62 bits per heavy atom. The van der Waals surface area contributed by atoms with Crippen LogP contribution in [-0.4, -0.2) is 9.97 Å².